The molecule has 0 unspecified atom stereocenters. The summed E-state index contributed by atoms with van der Waals surface area (Å²) in [7, 11) is -4.12. The molecule has 0 amide bonds. The fraction of sp³-hybridized carbons (Fsp3) is 0.250. The average Bonchev–Trinajstić information content (AvgIpc) is 3.03. The number of hydrogen-bond acceptors (Lipinski definition) is 6. The second kappa shape index (κ2) is 13.8. The van der Waals surface area contributed by atoms with Crippen LogP contribution in [0.25, 0.3) is 43.1 Å². The molecule has 0 spiro atoms. The number of rotatable bonds is 12. The smallest absolute Gasteiger partial charge is 0.207 e. The Bertz CT molecular complexity index is 1660. The van der Waals surface area contributed by atoms with Crippen LogP contribution in [-0.4, -0.2) is 34.6 Å². The van der Waals surface area contributed by atoms with Crippen LogP contribution in [0.15, 0.2) is 105 Å². The van der Waals surface area contributed by atoms with E-state index in [2.05, 4.69) is 57.5 Å². The van der Waals surface area contributed by atoms with Gasteiger partial charge in [-0.05, 0) is 98.4 Å². The summed E-state index contributed by atoms with van der Waals surface area (Å²) in [5, 5.41) is 7.44. The van der Waals surface area contributed by atoms with Crippen LogP contribution in [0.2, 0.25) is 0 Å². The standard InChI is InChI=1S/C32H34N8O2S/c1-5-39(6-2)27-15-9-23(10-16-27)29-21-25(35-37-33)13-19-31(29)43(41,42)32-20-14-26(36-38-34)22-30(32)24-11-17-28(18-12-24)40(7-3)8-4/h9-22H,5-8H2,1-4H3. The molecule has 0 atom stereocenters. The lowest BCUT2D eigenvalue weighted by Gasteiger charge is -2.22. The van der Waals surface area contributed by atoms with Gasteiger partial charge < -0.3 is 9.80 Å². The second-order valence-corrected chi connectivity index (χ2v) is 11.6. The van der Waals surface area contributed by atoms with E-state index in [4.69, 9.17) is 11.1 Å². The molecule has 0 radical (unpaired) electrons. The van der Waals surface area contributed by atoms with Gasteiger partial charge in [0.1, 0.15) is 0 Å². The van der Waals surface area contributed by atoms with Gasteiger partial charge in [-0.1, -0.05) is 46.6 Å². The van der Waals surface area contributed by atoms with Crippen molar-refractivity contribution in [2.75, 3.05) is 36.0 Å². The fourth-order valence-corrected chi connectivity index (χ4v) is 6.85. The average molecular weight is 595 g/mol. The Morgan fingerprint density at radius 1 is 0.581 bits per heavy atom. The van der Waals surface area contributed by atoms with E-state index >= 15 is 0 Å². The highest BCUT2D eigenvalue weighted by molar-refractivity contribution is 7.91. The highest BCUT2D eigenvalue weighted by atomic mass is 32.2. The van der Waals surface area contributed by atoms with Crippen LogP contribution in [0.4, 0.5) is 22.7 Å². The minimum absolute atomic E-state index is 0.0672. The number of nitrogens with zero attached hydrogens (tertiary/aromatic N) is 8. The Balaban J connectivity index is 1.91. The molecule has 0 aliphatic carbocycles. The molecule has 0 bridgehead atoms. The largest absolute Gasteiger partial charge is 0.372 e. The summed E-state index contributed by atoms with van der Waals surface area (Å²) in [6, 6.07) is 24.4. The van der Waals surface area contributed by atoms with Gasteiger partial charge in [0.15, 0.2) is 0 Å². The maximum absolute atomic E-state index is 14.5. The summed E-state index contributed by atoms with van der Waals surface area (Å²) in [4.78, 5) is 10.3. The molecule has 0 aliphatic rings. The summed E-state index contributed by atoms with van der Waals surface area (Å²) < 4.78 is 28.9. The van der Waals surface area contributed by atoms with Gasteiger partial charge in [0.25, 0.3) is 0 Å². The summed E-state index contributed by atoms with van der Waals surface area (Å²) in [5.41, 5.74) is 22.9. The molecule has 4 aromatic carbocycles. The molecule has 11 heteroatoms. The number of hydrogen-bond donors (Lipinski definition) is 0. The van der Waals surface area contributed by atoms with Gasteiger partial charge >= 0.3 is 0 Å². The SMILES string of the molecule is CCN(CC)c1ccc(-c2cc(N=[N+]=[N-])ccc2S(=O)(=O)c2ccc(N=[N+]=[N-])cc2-c2ccc(N(CC)CC)cc2)cc1. The van der Waals surface area contributed by atoms with Crippen molar-refractivity contribution in [2.24, 2.45) is 10.2 Å². The van der Waals surface area contributed by atoms with Crippen molar-refractivity contribution in [3.05, 3.63) is 106 Å². The zero-order valence-corrected chi connectivity index (χ0v) is 25.5. The number of benzene rings is 4. The van der Waals surface area contributed by atoms with E-state index in [1.165, 1.54) is 24.3 Å². The van der Waals surface area contributed by atoms with Crippen LogP contribution < -0.4 is 9.80 Å². The molecule has 4 aromatic rings. The second-order valence-electron chi connectivity index (χ2n) is 9.68. The molecule has 43 heavy (non-hydrogen) atoms. The third-order valence-corrected chi connectivity index (χ3v) is 9.31. The summed E-state index contributed by atoms with van der Waals surface area (Å²) in [5.74, 6) is 0. The lowest BCUT2D eigenvalue weighted by atomic mass is 10.0. The normalized spacial score (nSPS) is 10.9. The van der Waals surface area contributed by atoms with Crippen LogP contribution in [0.5, 0.6) is 0 Å². The van der Waals surface area contributed by atoms with E-state index < -0.39 is 9.84 Å². The molecule has 0 saturated heterocycles. The van der Waals surface area contributed by atoms with Gasteiger partial charge in [-0.2, -0.15) is 0 Å². The molecule has 0 N–H and O–H groups in total. The number of anilines is 2. The highest BCUT2D eigenvalue weighted by Gasteiger charge is 2.26. The summed E-state index contributed by atoms with van der Waals surface area (Å²) >= 11 is 0. The molecule has 0 aliphatic heterocycles. The van der Waals surface area contributed by atoms with Crippen molar-refractivity contribution >= 4 is 32.6 Å². The molecule has 0 saturated carbocycles. The Labute approximate surface area is 252 Å². The van der Waals surface area contributed by atoms with E-state index in [1.54, 1.807) is 12.1 Å². The monoisotopic (exact) mass is 594 g/mol. The quantitative estimate of drug-likeness (QED) is 0.0915. The van der Waals surface area contributed by atoms with Crippen LogP contribution in [0, 0.1) is 0 Å². The zero-order chi connectivity index (χ0) is 31.0. The van der Waals surface area contributed by atoms with Gasteiger partial charge in [0.2, 0.25) is 9.84 Å². The molecular formula is C32H34N8O2S. The van der Waals surface area contributed by atoms with Crippen molar-refractivity contribution in [2.45, 2.75) is 37.5 Å². The lowest BCUT2D eigenvalue weighted by molar-refractivity contribution is 0.596. The first-order chi connectivity index (χ1) is 20.8. The molecule has 0 fully saturated rings. The van der Waals surface area contributed by atoms with E-state index in [-0.39, 0.29) is 9.79 Å². The van der Waals surface area contributed by atoms with Crippen LogP contribution >= 0.6 is 0 Å². The van der Waals surface area contributed by atoms with Crippen LogP contribution in [0.3, 0.4) is 0 Å². The van der Waals surface area contributed by atoms with Crippen molar-refractivity contribution in [1.29, 1.82) is 0 Å². The molecular weight excluding hydrogens is 560 g/mol. The molecule has 4 rings (SSSR count). The predicted octanol–water partition coefficient (Wildman–Crippen LogP) is 9.43. The topological polar surface area (TPSA) is 138 Å². The minimum atomic E-state index is -4.12. The van der Waals surface area contributed by atoms with E-state index in [1.807, 2.05) is 48.5 Å². The fourth-order valence-electron chi connectivity index (χ4n) is 5.18. The Kier molecular flexibility index (Phi) is 9.95. The molecule has 0 aromatic heterocycles. The van der Waals surface area contributed by atoms with Crippen molar-refractivity contribution in [3.63, 3.8) is 0 Å². The maximum atomic E-state index is 14.5. The van der Waals surface area contributed by atoms with E-state index in [9.17, 15) is 8.42 Å². The van der Waals surface area contributed by atoms with E-state index in [0.717, 1.165) is 37.6 Å². The van der Waals surface area contributed by atoms with Gasteiger partial charge in [-0.3, -0.25) is 0 Å². The van der Waals surface area contributed by atoms with Gasteiger partial charge in [-0.25, -0.2) is 8.42 Å². The van der Waals surface area contributed by atoms with Crippen LogP contribution in [-0.2, 0) is 9.84 Å². The first kappa shape index (κ1) is 31.0. The highest BCUT2D eigenvalue weighted by Crippen LogP contribution is 2.40. The van der Waals surface area contributed by atoms with Crippen molar-refractivity contribution < 1.29 is 8.42 Å². The predicted molar refractivity (Wildman–Crippen MR) is 174 cm³/mol. The zero-order valence-electron chi connectivity index (χ0n) is 24.7. The van der Waals surface area contributed by atoms with Gasteiger partial charge in [0.05, 0.1) is 9.79 Å². The lowest BCUT2D eigenvalue weighted by Crippen LogP contribution is -2.21. The molecule has 220 valence electrons. The first-order valence-electron chi connectivity index (χ1n) is 14.1. The summed E-state index contributed by atoms with van der Waals surface area (Å²) in [6.45, 7) is 11.7. The summed E-state index contributed by atoms with van der Waals surface area (Å²) in [6.07, 6.45) is 0. The first-order valence-corrected chi connectivity index (χ1v) is 15.6. The molecule has 0 heterocycles. The third kappa shape index (κ3) is 6.60. The third-order valence-electron chi connectivity index (χ3n) is 7.44. The Morgan fingerprint density at radius 3 is 1.23 bits per heavy atom. The van der Waals surface area contributed by atoms with Crippen molar-refractivity contribution in [3.8, 4) is 22.3 Å². The van der Waals surface area contributed by atoms with Crippen LogP contribution in [0.1, 0.15) is 27.7 Å². The van der Waals surface area contributed by atoms with Gasteiger partial charge in [-0.15, -0.1) is 0 Å². The Morgan fingerprint density at radius 2 is 0.930 bits per heavy atom. The van der Waals surface area contributed by atoms with Crippen molar-refractivity contribution in [1.82, 2.24) is 0 Å². The number of sulfone groups is 1. The minimum Gasteiger partial charge on any atom is -0.372 e. The molecule has 10 nitrogen and oxygen atoms in total. The van der Waals surface area contributed by atoms with E-state index in [0.29, 0.717) is 33.6 Å². The Hall–Kier alpha value is -4.95. The van der Waals surface area contributed by atoms with Gasteiger partial charge in [0, 0.05) is 69.9 Å². The number of azide groups is 2. The maximum Gasteiger partial charge on any atom is 0.207 e.